The minimum Gasteiger partial charge on any atom is -0.449 e. The molecule has 7 heteroatoms. The Kier molecular flexibility index (Phi) is 6.82. The lowest BCUT2D eigenvalue weighted by molar-refractivity contribution is -0.385. The number of para-hydroxylation sites is 1. The van der Waals surface area contributed by atoms with Gasteiger partial charge in [0.05, 0.1) is 10.5 Å². The summed E-state index contributed by atoms with van der Waals surface area (Å²) in [6.07, 6.45) is 1.40. The SMILES string of the molecule is C[C@H](OC(=O)/C=C/c1ccccc1[N+](=O)[O-])C(=O)N(C)Cc1ccccc1. The molecular formula is C20H20N2O5. The van der Waals surface area contributed by atoms with Crippen LogP contribution < -0.4 is 0 Å². The number of carbonyl (C=O) groups excluding carboxylic acids is 2. The fourth-order valence-corrected chi connectivity index (χ4v) is 2.46. The van der Waals surface area contributed by atoms with Gasteiger partial charge < -0.3 is 9.64 Å². The summed E-state index contributed by atoms with van der Waals surface area (Å²) in [6.45, 7) is 1.88. The Bertz CT molecular complexity index is 848. The Hall–Kier alpha value is -3.48. The molecule has 140 valence electrons. The first-order valence-electron chi connectivity index (χ1n) is 8.29. The highest BCUT2D eigenvalue weighted by Crippen LogP contribution is 2.19. The summed E-state index contributed by atoms with van der Waals surface area (Å²) in [6, 6.07) is 15.5. The second-order valence-electron chi connectivity index (χ2n) is 5.91. The number of hydrogen-bond acceptors (Lipinski definition) is 5. The maximum atomic E-state index is 12.3. The standard InChI is InChI=1S/C20H20N2O5/c1-15(20(24)21(2)14-16-8-4-3-5-9-16)27-19(23)13-12-17-10-6-7-11-18(17)22(25)26/h3-13,15H,14H2,1-2H3/b13-12+/t15-/m0/s1. The van der Waals surface area contributed by atoms with E-state index >= 15 is 0 Å². The Labute approximate surface area is 157 Å². The largest absolute Gasteiger partial charge is 0.449 e. The molecule has 0 saturated heterocycles. The summed E-state index contributed by atoms with van der Waals surface area (Å²) in [5.74, 6) is -1.09. The van der Waals surface area contributed by atoms with E-state index in [4.69, 9.17) is 4.74 Å². The second-order valence-corrected chi connectivity index (χ2v) is 5.91. The van der Waals surface area contributed by atoms with Gasteiger partial charge in [0.15, 0.2) is 6.10 Å². The number of nitrogens with zero attached hydrogens (tertiary/aromatic N) is 2. The van der Waals surface area contributed by atoms with Gasteiger partial charge in [-0.15, -0.1) is 0 Å². The summed E-state index contributed by atoms with van der Waals surface area (Å²) >= 11 is 0. The summed E-state index contributed by atoms with van der Waals surface area (Å²) in [7, 11) is 1.63. The fraction of sp³-hybridized carbons (Fsp3) is 0.200. The van der Waals surface area contributed by atoms with Crippen molar-refractivity contribution in [2.24, 2.45) is 0 Å². The number of rotatable bonds is 7. The van der Waals surface area contributed by atoms with Crippen molar-refractivity contribution in [1.82, 2.24) is 4.90 Å². The van der Waals surface area contributed by atoms with Crippen molar-refractivity contribution < 1.29 is 19.2 Å². The van der Waals surface area contributed by atoms with Crippen LogP contribution >= 0.6 is 0 Å². The fourth-order valence-electron chi connectivity index (χ4n) is 2.46. The summed E-state index contributed by atoms with van der Waals surface area (Å²) in [4.78, 5) is 36.2. The van der Waals surface area contributed by atoms with Gasteiger partial charge in [-0.2, -0.15) is 0 Å². The number of hydrogen-bond donors (Lipinski definition) is 0. The lowest BCUT2D eigenvalue weighted by Crippen LogP contribution is -2.36. The van der Waals surface area contributed by atoms with Crippen LogP contribution in [-0.4, -0.2) is 34.9 Å². The van der Waals surface area contributed by atoms with Crippen LogP contribution in [0.25, 0.3) is 6.08 Å². The van der Waals surface area contributed by atoms with Gasteiger partial charge in [0.25, 0.3) is 11.6 Å². The zero-order chi connectivity index (χ0) is 19.8. The molecule has 0 aromatic heterocycles. The van der Waals surface area contributed by atoms with Gasteiger partial charge in [0, 0.05) is 25.7 Å². The van der Waals surface area contributed by atoms with Crippen LogP contribution in [0, 0.1) is 10.1 Å². The smallest absolute Gasteiger partial charge is 0.331 e. The number of esters is 1. The zero-order valence-electron chi connectivity index (χ0n) is 15.1. The molecule has 0 fully saturated rings. The minimum atomic E-state index is -0.971. The van der Waals surface area contributed by atoms with Gasteiger partial charge >= 0.3 is 5.97 Å². The van der Waals surface area contributed by atoms with E-state index in [0.29, 0.717) is 6.54 Å². The lowest BCUT2D eigenvalue weighted by Gasteiger charge is -2.21. The van der Waals surface area contributed by atoms with Crippen LogP contribution in [0.5, 0.6) is 0 Å². The van der Waals surface area contributed by atoms with Gasteiger partial charge in [0.2, 0.25) is 0 Å². The van der Waals surface area contributed by atoms with Crippen molar-refractivity contribution in [3.63, 3.8) is 0 Å². The highest BCUT2D eigenvalue weighted by Gasteiger charge is 2.21. The number of carbonyl (C=O) groups is 2. The second kappa shape index (κ2) is 9.28. The predicted molar refractivity (Wildman–Crippen MR) is 101 cm³/mol. The highest BCUT2D eigenvalue weighted by atomic mass is 16.6. The number of nitro benzene ring substituents is 1. The van der Waals surface area contributed by atoms with Gasteiger partial charge in [-0.3, -0.25) is 14.9 Å². The number of benzene rings is 2. The average molecular weight is 368 g/mol. The van der Waals surface area contributed by atoms with Crippen molar-refractivity contribution in [3.05, 3.63) is 81.9 Å². The van der Waals surface area contributed by atoms with Crippen LogP contribution in [0.4, 0.5) is 5.69 Å². The number of nitro groups is 1. The third-order valence-electron chi connectivity index (χ3n) is 3.81. The first-order valence-corrected chi connectivity index (χ1v) is 8.29. The maximum absolute atomic E-state index is 12.3. The quantitative estimate of drug-likeness (QED) is 0.324. The third kappa shape index (κ3) is 5.78. The Balaban J connectivity index is 1.94. The molecule has 2 aromatic carbocycles. The first-order chi connectivity index (χ1) is 12.9. The predicted octanol–water partition coefficient (Wildman–Crippen LogP) is 3.20. The van der Waals surface area contributed by atoms with Crippen molar-refractivity contribution in [1.29, 1.82) is 0 Å². The molecule has 0 bridgehead atoms. The third-order valence-corrected chi connectivity index (χ3v) is 3.81. The van der Waals surface area contributed by atoms with Crippen LogP contribution in [0.15, 0.2) is 60.7 Å². The zero-order valence-corrected chi connectivity index (χ0v) is 15.1. The van der Waals surface area contributed by atoms with E-state index in [1.54, 1.807) is 13.1 Å². The molecule has 1 amide bonds. The molecule has 0 heterocycles. The number of likely N-dealkylation sites (N-methyl/N-ethyl adjacent to an activating group) is 1. The van der Waals surface area contributed by atoms with E-state index in [-0.39, 0.29) is 17.2 Å². The molecule has 27 heavy (non-hydrogen) atoms. The Morgan fingerprint density at radius 2 is 1.78 bits per heavy atom. The van der Waals surface area contributed by atoms with E-state index in [2.05, 4.69) is 0 Å². The molecule has 0 aliphatic heterocycles. The molecule has 0 saturated carbocycles. The molecule has 7 nitrogen and oxygen atoms in total. The molecule has 0 aliphatic carbocycles. The molecular weight excluding hydrogens is 348 g/mol. The maximum Gasteiger partial charge on any atom is 0.331 e. The van der Waals surface area contributed by atoms with Crippen molar-refractivity contribution in [2.75, 3.05) is 7.05 Å². The van der Waals surface area contributed by atoms with E-state index in [0.717, 1.165) is 11.6 Å². The van der Waals surface area contributed by atoms with Gasteiger partial charge in [-0.05, 0) is 24.6 Å². The Morgan fingerprint density at radius 3 is 2.44 bits per heavy atom. The molecule has 0 N–H and O–H groups in total. The summed E-state index contributed by atoms with van der Waals surface area (Å²) < 4.78 is 5.11. The van der Waals surface area contributed by atoms with Crippen molar-refractivity contribution in [3.8, 4) is 0 Å². The Morgan fingerprint density at radius 1 is 1.15 bits per heavy atom. The number of amides is 1. The van der Waals surface area contributed by atoms with Gasteiger partial charge in [-0.25, -0.2) is 4.79 Å². The first kappa shape index (κ1) is 19.8. The van der Waals surface area contributed by atoms with E-state index in [1.165, 1.54) is 36.1 Å². The molecule has 0 radical (unpaired) electrons. The van der Waals surface area contributed by atoms with Crippen molar-refractivity contribution in [2.45, 2.75) is 19.6 Å². The minimum absolute atomic E-state index is 0.117. The van der Waals surface area contributed by atoms with E-state index in [1.807, 2.05) is 30.3 Å². The topological polar surface area (TPSA) is 89.7 Å². The van der Waals surface area contributed by atoms with Crippen LogP contribution in [0.1, 0.15) is 18.1 Å². The molecule has 1 atom stereocenters. The number of ether oxygens (including phenoxy) is 1. The van der Waals surface area contributed by atoms with E-state index < -0.39 is 17.0 Å². The monoisotopic (exact) mass is 368 g/mol. The molecule has 0 spiro atoms. The van der Waals surface area contributed by atoms with Crippen LogP contribution in [0.3, 0.4) is 0 Å². The van der Waals surface area contributed by atoms with Crippen LogP contribution in [0.2, 0.25) is 0 Å². The summed E-state index contributed by atoms with van der Waals surface area (Å²) in [5.41, 5.74) is 1.12. The lowest BCUT2D eigenvalue weighted by atomic mass is 10.1. The normalized spacial score (nSPS) is 11.8. The van der Waals surface area contributed by atoms with Crippen LogP contribution in [-0.2, 0) is 20.9 Å². The average Bonchev–Trinajstić information content (AvgIpc) is 2.66. The summed E-state index contributed by atoms with van der Waals surface area (Å²) in [5, 5.41) is 11.0. The van der Waals surface area contributed by atoms with Gasteiger partial charge in [-0.1, -0.05) is 42.5 Å². The van der Waals surface area contributed by atoms with Crippen molar-refractivity contribution >= 4 is 23.6 Å². The van der Waals surface area contributed by atoms with Gasteiger partial charge in [0.1, 0.15) is 0 Å². The molecule has 2 rings (SSSR count). The molecule has 0 unspecified atom stereocenters. The van der Waals surface area contributed by atoms with E-state index in [9.17, 15) is 19.7 Å². The molecule has 2 aromatic rings. The molecule has 0 aliphatic rings. The highest BCUT2D eigenvalue weighted by molar-refractivity contribution is 5.90.